The summed E-state index contributed by atoms with van der Waals surface area (Å²) < 4.78 is 4.94. The average Bonchev–Trinajstić information content (AvgIpc) is 2.36. The summed E-state index contributed by atoms with van der Waals surface area (Å²) in [6, 6.07) is 9.28. The van der Waals surface area contributed by atoms with E-state index in [4.69, 9.17) is 4.74 Å². The maximum Gasteiger partial charge on any atom is 0.327 e. The molecule has 1 aliphatic heterocycles. The number of ketones is 1. The van der Waals surface area contributed by atoms with E-state index in [1.165, 1.54) is 6.08 Å². The van der Waals surface area contributed by atoms with Crippen molar-refractivity contribution in [3.05, 3.63) is 42.2 Å². The number of nitrogens with one attached hydrogen (secondary N) is 1. The Morgan fingerprint density at radius 1 is 1.26 bits per heavy atom. The Morgan fingerprint density at radius 2 is 1.95 bits per heavy atom. The summed E-state index contributed by atoms with van der Waals surface area (Å²) in [7, 11) is 0. The number of carbonyl (C=O) groups is 2. The zero-order valence-electron chi connectivity index (χ0n) is 10.7. The number of esters is 1. The molecule has 0 radical (unpaired) electrons. The second-order valence-corrected chi connectivity index (χ2v) is 4.24. The van der Waals surface area contributed by atoms with E-state index in [0.717, 1.165) is 5.69 Å². The Bertz CT molecular complexity index is 561. The molecule has 19 heavy (non-hydrogen) atoms. The lowest BCUT2D eigenvalue weighted by atomic mass is 9.97. The molecule has 0 spiro atoms. The van der Waals surface area contributed by atoms with Gasteiger partial charge in [-0.25, -0.2) is 0 Å². The maximum absolute atomic E-state index is 11.8. The molecule has 0 unspecified atom stereocenters. The number of carbonyl (C=O) groups excluding carboxylic acids is 2. The van der Waals surface area contributed by atoms with Gasteiger partial charge in [-0.2, -0.15) is 5.10 Å². The first-order valence-electron chi connectivity index (χ1n) is 5.87. The van der Waals surface area contributed by atoms with Gasteiger partial charge >= 0.3 is 5.97 Å². The zero-order chi connectivity index (χ0) is 13.8. The quantitative estimate of drug-likeness (QED) is 0.390. The fourth-order valence-electron chi connectivity index (χ4n) is 1.75. The number of anilines is 1. The molecule has 0 saturated heterocycles. The second-order valence-electron chi connectivity index (χ2n) is 4.24. The van der Waals surface area contributed by atoms with Gasteiger partial charge in [-0.15, -0.1) is 0 Å². The van der Waals surface area contributed by atoms with Crippen LogP contribution < -0.4 is 5.43 Å². The van der Waals surface area contributed by atoms with Gasteiger partial charge in [0, 0.05) is 6.08 Å². The van der Waals surface area contributed by atoms with Crippen LogP contribution in [0.15, 0.2) is 47.3 Å². The standard InChI is InChI=1S/C14H14N2O3/c1-9-8-12(17)13(14(18)19-9)10(2)15-16-11-6-4-3-5-7-11/h3-8,13,16H,1-2H3/b15-10-/t13-/m1/s1. The molecule has 1 aromatic carbocycles. The van der Waals surface area contributed by atoms with E-state index in [2.05, 4.69) is 10.5 Å². The van der Waals surface area contributed by atoms with Crippen molar-refractivity contribution in [2.24, 2.45) is 11.0 Å². The van der Waals surface area contributed by atoms with Gasteiger partial charge in [0.2, 0.25) is 0 Å². The highest BCUT2D eigenvalue weighted by atomic mass is 16.5. The summed E-state index contributed by atoms with van der Waals surface area (Å²) in [6.45, 7) is 3.19. The summed E-state index contributed by atoms with van der Waals surface area (Å²) >= 11 is 0. The zero-order valence-corrected chi connectivity index (χ0v) is 10.7. The van der Waals surface area contributed by atoms with E-state index in [1.807, 2.05) is 30.3 Å². The highest BCUT2D eigenvalue weighted by molar-refractivity contribution is 6.22. The Kier molecular flexibility index (Phi) is 3.75. The molecule has 0 aliphatic carbocycles. The number of ether oxygens (including phenoxy) is 1. The molecule has 5 heteroatoms. The van der Waals surface area contributed by atoms with Crippen LogP contribution in [0.4, 0.5) is 5.69 Å². The van der Waals surface area contributed by atoms with E-state index in [1.54, 1.807) is 13.8 Å². The lowest BCUT2D eigenvalue weighted by Crippen LogP contribution is -2.34. The van der Waals surface area contributed by atoms with Gasteiger partial charge in [-0.1, -0.05) is 18.2 Å². The Balaban J connectivity index is 2.13. The minimum Gasteiger partial charge on any atom is -0.430 e. The highest BCUT2D eigenvalue weighted by Gasteiger charge is 2.33. The molecule has 1 N–H and O–H groups in total. The number of allylic oxidation sites excluding steroid dienone is 2. The van der Waals surface area contributed by atoms with E-state index < -0.39 is 11.9 Å². The molecule has 1 aromatic rings. The van der Waals surface area contributed by atoms with Gasteiger partial charge in [0.05, 0.1) is 11.4 Å². The number of cyclic esters (lactones) is 1. The van der Waals surface area contributed by atoms with Gasteiger partial charge in [0.25, 0.3) is 0 Å². The molecular weight excluding hydrogens is 244 g/mol. The molecule has 0 aromatic heterocycles. The predicted octanol–water partition coefficient (Wildman–Crippen LogP) is 2.12. The van der Waals surface area contributed by atoms with Crippen LogP contribution in [-0.4, -0.2) is 17.5 Å². The van der Waals surface area contributed by atoms with Crippen molar-refractivity contribution >= 4 is 23.2 Å². The fraction of sp³-hybridized carbons (Fsp3) is 0.214. The molecule has 1 heterocycles. The third-order valence-electron chi connectivity index (χ3n) is 2.68. The van der Waals surface area contributed by atoms with Crippen LogP contribution in [0.2, 0.25) is 0 Å². The Morgan fingerprint density at radius 3 is 2.58 bits per heavy atom. The number of nitrogens with zero attached hydrogens (tertiary/aromatic N) is 1. The number of rotatable bonds is 3. The van der Waals surface area contributed by atoms with Crippen LogP contribution in [0.5, 0.6) is 0 Å². The SMILES string of the molecule is CC1=CC(=O)[C@@H](/C(C)=N\Nc2ccccc2)C(=O)O1. The van der Waals surface area contributed by atoms with Gasteiger partial charge in [0.15, 0.2) is 11.7 Å². The van der Waals surface area contributed by atoms with E-state index in [0.29, 0.717) is 11.5 Å². The largest absolute Gasteiger partial charge is 0.430 e. The maximum atomic E-state index is 11.8. The summed E-state index contributed by atoms with van der Waals surface area (Å²) in [4.78, 5) is 23.5. The molecule has 2 rings (SSSR count). The normalized spacial score (nSPS) is 19.8. The first-order valence-corrected chi connectivity index (χ1v) is 5.87. The van der Waals surface area contributed by atoms with Gasteiger partial charge < -0.3 is 4.74 Å². The molecule has 0 amide bonds. The van der Waals surface area contributed by atoms with Crippen LogP contribution in [0.1, 0.15) is 13.8 Å². The van der Waals surface area contributed by atoms with E-state index in [-0.39, 0.29) is 5.78 Å². The number of hydrogen-bond donors (Lipinski definition) is 1. The minimum atomic E-state index is -0.958. The summed E-state index contributed by atoms with van der Waals surface area (Å²) in [5, 5.41) is 4.06. The summed E-state index contributed by atoms with van der Waals surface area (Å²) in [6.07, 6.45) is 1.31. The van der Waals surface area contributed by atoms with Crippen LogP contribution in [0, 0.1) is 5.92 Å². The summed E-state index contributed by atoms with van der Waals surface area (Å²) in [5.74, 6) is -1.53. The van der Waals surface area contributed by atoms with Gasteiger partial charge in [0.1, 0.15) is 5.76 Å². The number of para-hydroxylation sites is 1. The molecule has 0 bridgehead atoms. The molecule has 1 aliphatic rings. The molecule has 0 saturated carbocycles. The first kappa shape index (κ1) is 13.0. The lowest BCUT2D eigenvalue weighted by Gasteiger charge is -2.18. The second kappa shape index (κ2) is 5.48. The smallest absolute Gasteiger partial charge is 0.327 e. The molecule has 5 nitrogen and oxygen atoms in total. The first-order chi connectivity index (χ1) is 9.08. The van der Waals surface area contributed by atoms with Crippen molar-refractivity contribution in [3.63, 3.8) is 0 Å². The van der Waals surface area contributed by atoms with Crippen molar-refractivity contribution in [2.45, 2.75) is 13.8 Å². The van der Waals surface area contributed by atoms with Crippen molar-refractivity contribution in [2.75, 3.05) is 5.43 Å². The topological polar surface area (TPSA) is 67.8 Å². The number of hydrogen-bond acceptors (Lipinski definition) is 5. The Labute approximate surface area is 111 Å². The van der Waals surface area contributed by atoms with Crippen molar-refractivity contribution < 1.29 is 14.3 Å². The third-order valence-corrected chi connectivity index (χ3v) is 2.68. The van der Waals surface area contributed by atoms with Crippen molar-refractivity contribution in [3.8, 4) is 0 Å². The van der Waals surface area contributed by atoms with Crippen LogP contribution in [0.3, 0.4) is 0 Å². The van der Waals surface area contributed by atoms with Crippen molar-refractivity contribution in [1.29, 1.82) is 0 Å². The van der Waals surface area contributed by atoms with Gasteiger partial charge in [-0.05, 0) is 26.0 Å². The van der Waals surface area contributed by atoms with Crippen molar-refractivity contribution in [1.82, 2.24) is 0 Å². The lowest BCUT2D eigenvalue weighted by molar-refractivity contribution is -0.146. The fourth-order valence-corrected chi connectivity index (χ4v) is 1.75. The summed E-state index contributed by atoms with van der Waals surface area (Å²) in [5.41, 5.74) is 3.96. The Hall–Kier alpha value is -2.43. The van der Waals surface area contributed by atoms with Crippen LogP contribution in [0.25, 0.3) is 0 Å². The molecule has 1 atom stereocenters. The number of benzene rings is 1. The molecule has 98 valence electrons. The van der Waals surface area contributed by atoms with E-state index in [9.17, 15) is 9.59 Å². The predicted molar refractivity (Wildman–Crippen MR) is 71.5 cm³/mol. The minimum absolute atomic E-state index is 0.301. The van der Waals surface area contributed by atoms with Crippen LogP contribution >= 0.6 is 0 Å². The average molecular weight is 258 g/mol. The number of hydrazone groups is 1. The van der Waals surface area contributed by atoms with Crippen LogP contribution in [-0.2, 0) is 14.3 Å². The molecule has 0 fully saturated rings. The molecular formula is C14H14N2O3. The third kappa shape index (κ3) is 3.07. The van der Waals surface area contributed by atoms with Gasteiger partial charge in [-0.3, -0.25) is 15.0 Å². The van der Waals surface area contributed by atoms with E-state index >= 15 is 0 Å². The highest BCUT2D eigenvalue weighted by Crippen LogP contribution is 2.16. The monoisotopic (exact) mass is 258 g/mol.